The number of piperazine rings is 1. The molecule has 14 heteroatoms. The van der Waals surface area contributed by atoms with Crippen LogP contribution in [0, 0.1) is 11.6 Å². The summed E-state index contributed by atoms with van der Waals surface area (Å²) in [4.78, 5) is 42.4. The van der Waals surface area contributed by atoms with Crippen LogP contribution in [0.5, 0.6) is 5.75 Å². The number of nitrogens with zero attached hydrogens (tertiary/aromatic N) is 6. The molecule has 0 bridgehead atoms. The highest BCUT2D eigenvalue weighted by molar-refractivity contribution is 7.90. The van der Waals surface area contributed by atoms with Crippen molar-refractivity contribution in [3.05, 3.63) is 77.0 Å². The third-order valence-corrected chi connectivity index (χ3v) is 8.63. The molecule has 0 aliphatic carbocycles. The maximum Gasteiger partial charge on any atom is 0.355 e. The van der Waals surface area contributed by atoms with Crippen LogP contribution in [0.3, 0.4) is 0 Å². The molecule has 1 atom stereocenters. The van der Waals surface area contributed by atoms with Gasteiger partial charge in [-0.25, -0.2) is 31.5 Å². The topological polar surface area (TPSA) is 139 Å². The standard InChI is InChI=1S/C30H30F2N6O5S/c1-6-23(40)36-12-13-37(17(4)15-36)28-18-14-20(32)26(24-19(31)8-7-9-21(24)39)34-29(18)38(30(41)35-28)27-22(44(5,42)43)10-11-33-25(27)16(2)3/h6-11,14,16-17,39H,1,12-13,15H2,2-5H3/t17-/m0/s1. The average Bonchev–Trinajstić information content (AvgIpc) is 2.96. The van der Waals surface area contributed by atoms with Crippen molar-refractivity contribution in [3.8, 4) is 22.7 Å². The molecule has 11 nitrogen and oxygen atoms in total. The summed E-state index contributed by atoms with van der Waals surface area (Å²) in [6.07, 6.45) is 3.49. The number of halogens is 2. The Morgan fingerprint density at radius 2 is 1.89 bits per heavy atom. The third kappa shape index (κ3) is 5.29. The number of carbonyl (C=O) groups excluding carboxylic acids is 1. The number of phenolic OH excluding ortho intramolecular Hbond substituents is 1. The van der Waals surface area contributed by atoms with Crippen LogP contribution >= 0.6 is 0 Å². The summed E-state index contributed by atoms with van der Waals surface area (Å²) in [7, 11) is -3.95. The number of amides is 1. The van der Waals surface area contributed by atoms with Gasteiger partial charge in [-0.05, 0) is 43.2 Å². The Morgan fingerprint density at radius 3 is 2.50 bits per heavy atom. The van der Waals surface area contributed by atoms with Crippen LogP contribution in [0.1, 0.15) is 32.4 Å². The molecule has 1 saturated heterocycles. The van der Waals surface area contributed by atoms with Crippen LogP contribution < -0.4 is 10.6 Å². The molecular weight excluding hydrogens is 594 g/mol. The molecule has 4 aromatic rings. The lowest BCUT2D eigenvalue weighted by molar-refractivity contribution is -0.126. The fraction of sp³-hybridized carbons (Fsp3) is 0.300. The van der Waals surface area contributed by atoms with Crippen molar-refractivity contribution in [1.82, 2.24) is 24.4 Å². The van der Waals surface area contributed by atoms with E-state index in [-0.39, 0.29) is 70.6 Å². The first kappa shape index (κ1) is 30.7. The van der Waals surface area contributed by atoms with E-state index in [0.717, 1.165) is 23.0 Å². The van der Waals surface area contributed by atoms with Gasteiger partial charge in [-0.1, -0.05) is 26.5 Å². The SMILES string of the molecule is C=CC(=O)N1CCN(c2nc(=O)n(-c3c(S(C)(=O)=O)ccnc3C(C)C)c3nc(-c4c(O)cccc4F)c(F)cc23)[C@@H](C)C1. The van der Waals surface area contributed by atoms with Gasteiger partial charge in [0.15, 0.2) is 21.3 Å². The van der Waals surface area contributed by atoms with Crippen molar-refractivity contribution in [2.45, 2.75) is 37.6 Å². The van der Waals surface area contributed by atoms with Crippen molar-refractivity contribution in [2.75, 3.05) is 30.8 Å². The summed E-state index contributed by atoms with van der Waals surface area (Å²) in [6, 6.07) is 5.33. The second kappa shape index (κ2) is 11.4. The van der Waals surface area contributed by atoms with Crippen LogP contribution in [-0.2, 0) is 14.6 Å². The van der Waals surface area contributed by atoms with Gasteiger partial charge in [0.2, 0.25) is 5.91 Å². The van der Waals surface area contributed by atoms with E-state index in [1.807, 2.05) is 0 Å². The van der Waals surface area contributed by atoms with Gasteiger partial charge in [0.25, 0.3) is 0 Å². The van der Waals surface area contributed by atoms with E-state index in [1.165, 1.54) is 30.5 Å². The number of benzene rings is 1. The first-order valence-electron chi connectivity index (χ1n) is 13.7. The van der Waals surface area contributed by atoms with E-state index >= 15 is 4.39 Å². The number of rotatable bonds is 6. The first-order chi connectivity index (χ1) is 20.7. The van der Waals surface area contributed by atoms with E-state index < -0.39 is 44.2 Å². The molecule has 1 aliphatic heterocycles. The smallest absolute Gasteiger partial charge is 0.355 e. The molecule has 5 rings (SSSR count). The van der Waals surface area contributed by atoms with Crippen molar-refractivity contribution < 1.29 is 27.1 Å². The second-order valence-electron chi connectivity index (χ2n) is 10.9. The highest BCUT2D eigenvalue weighted by atomic mass is 32.2. The van der Waals surface area contributed by atoms with E-state index in [2.05, 4.69) is 21.5 Å². The van der Waals surface area contributed by atoms with Crippen LogP contribution in [0.4, 0.5) is 14.6 Å². The number of aromatic hydroxyl groups is 1. The lowest BCUT2D eigenvalue weighted by Crippen LogP contribution is -2.54. The predicted molar refractivity (Wildman–Crippen MR) is 161 cm³/mol. The Bertz CT molecular complexity index is 1980. The van der Waals surface area contributed by atoms with Gasteiger partial charge in [-0.3, -0.25) is 9.78 Å². The molecule has 4 heterocycles. The van der Waals surface area contributed by atoms with Gasteiger partial charge in [-0.15, -0.1) is 0 Å². The molecule has 230 valence electrons. The second-order valence-corrected chi connectivity index (χ2v) is 12.9. The lowest BCUT2D eigenvalue weighted by Gasteiger charge is -2.40. The summed E-state index contributed by atoms with van der Waals surface area (Å²) in [5.41, 5.74) is -2.17. The molecule has 1 N–H and O–H groups in total. The molecule has 0 saturated carbocycles. The van der Waals surface area contributed by atoms with Gasteiger partial charge >= 0.3 is 5.69 Å². The van der Waals surface area contributed by atoms with Crippen molar-refractivity contribution in [2.24, 2.45) is 0 Å². The Balaban J connectivity index is 1.90. The molecular formula is C30H30F2N6O5S. The Labute approximate surface area is 252 Å². The zero-order valence-corrected chi connectivity index (χ0v) is 25.3. The third-order valence-electron chi connectivity index (χ3n) is 7.50. The number of phenols is 1. The first-order valence-corrected chi connectivity index (χ1v) is 15.6. The zero-order valence-electron chi connectivity index (χ0n) is 24.5. The summed E-state index contributed by atoms with van der Waals surface area (Å²) >= 11 is 0. The van der Waals surface area contributed by atoms with Gasteiger partial charge in [0, 0.05) is 38.1 Å². The fourth-order valence-corrected chi connectivity index (χ4v) is 6.30. The number of hydrogen-bond donors (Lipinski definition) is 1. The molecule has 0 unspecified atom stereocenters. The fourth-order valence-electron chi connectivity index (χ4n) is 5.45. The summed E-state index contributed by atoms with van der Waals surface area (Å²) in [6.45, 7) is 9.59. The van der Waals surface area contributed by atoms with Gasteiger partial charge in [0.05, 0.1) is 27.2 Å². The average molecular weight is 625 g/mol. The molecule has 1 aromatic carbocycles. The Morgan fingerprint density at radius 1 is 1.16 bits per heavy atom. The zero-order chi connectivity index (χ0) is 32.1. The largest absolute Gasteiger partial charge is 0.507 e. The number of pyridine rings is 2. The number of sulfone groups is 1. The highest BCUT2D eigenvalue weighted by Crippen LogP contribution is 2.37. The quantitative estimate of drug-likeness (QED) is 0.319. The molecule has 1 fully saturated rings. The number of fused-ring (bicyclic) bond motifs is 1. The normalized spacial score (nSPS) is 15.7. The van der Waals surface area contributed by atoms with Gasteiger partial charge < -0.3 is 14.9 Å². The predicted octanol–water partition coefficient (Wildman–Crippen LogP) is 3.58. The monoisotopic (exact) mass is 624 g/mol. The summed E-state index contributed by atoms with van der Waals surface area (Å²) in [5, 5.41) is 10.5. The molecule has 0 radical (unpaired) electrons. The Hall–Kier alpha value is -4.72. The highest BCUT2D eigenvalue weighted by Gasteiger charge is 2.32. The van der Waals surface area contributed by atoms with Crippen molar-refractivity contribution in [3.63, 3.8) is 0 Å². The molecule has 1 amide bonds. The van der Waals surface area contributed by atoms with E-state index in [0.29, 0.717) is 0 Å². The van der Waals surface area contributed by atoms with Crippen molar-refractivity contribution >= 4 is 32.6 Å². The van der Waals surface area contributed by atoms with Crippen LogP contribution in [0.15, 0.2) is 58.9 Å². The number of aromatic nitrogens is 4. The van der Waals surface area contributed by atoms with E-state index in [9.17, 15) is 27.5 Å². The minimum Gasteiger partial charge on any atom is -0.507 e. The minimum absolute atomic E-state index is 0.0232. The lowest BCUT2D eigenvalue weighted by atomic mass is 10.1. The maximum absolute atomic E-state index is 15.9. The molecule has 3 aromatic heterocycles. The van der Waals surface area contributed by atoms with Gasteiger partial charge in [0.1, 0.15) is 23.1 Å². The Kier molecular flexibility index (Phi) is 7.97. The van der Waals surface area contributed by atoms with Crippen LogP contribution in [0.25, 0.3) is 28.0 Å². The van der Waals surface area contributed by atoms with Crippen LogP contribution in [0.2, 0.25) is 0 Å². The van der Waals surface area contributed by atoms with E-state index in [1.54, 1.807) is 30.6 Å². The van der Waals surface area contributed by atoms with Crippen molar-refractivity contribution in [1.29, 1.82) is 0 Å². The summed E-state index contributed by atoms with van der Waals surface area (Å²) in [5.74, 6) is -3.16. The number of hydrogen-bond acceptors (Lipinski definition) is 9. The summed E-state index contributed by atoms with van der Waals surface area (Å²) < 4.78 is 57.8. The molecule has 0 spiro atoms. The maximum atomic E-state index is 15.9. The minimum atomic E-state index is -3.95. The molecule has 1 aliphatic rings. The van der Waals surface area contributed by atoms with Crippen LogP contribution in [-0.4, -0.2) is 75.8 Å². The van der Waals surface area contributed by atoms with Gasteiger partial charge in [-0.2, -0.15) is 4.98 Å². The number of carbonyl (C=O) groups is 1. The number of anilines is 1. The van der Waals surface area contributed by atoms with E-state index in [4.69, 9.17) is 0 Å². The molecule has 44 heavy (non-hydrogen) atoms.